The molecule has 2 amide bonds. The van der Waals surface area contributed by atoms with Crippen molar-refractivity contribution in [1.82, 2.24) is 14.8 Å². The number of nitrogens with zero attached hydrogens (tertiary/aromatic N) is 3. The smallest absolute Gasteiger partial charge is 0.259 e. The fourth-order valence-corrected chi connectivity index (χ4v) is 3.83. The summed E-state index contributed by atoms with van der Waals surface area (Å²) in [5.41, 5.74) is 1.56. The Morgan fingerprint density at radius 3 is 2.76 bits per heavy atom. The molecule has 1 aromatic heterocycles. The van der Waals surface area contributed by atoms with E-state index >= 15 is 0 Å². The van der Waals surface area contributed by atoms with Gasteiger partial charge < -0.3 is 19.6 Å². The first kappa shape index (κ1) is 25.3. The lowest BCUT2D eigenvalue weighted by Crippen LogP contribution is -2.50. The fourth-order valence-electron chi connectivity index (χ4n) is 3.83. The highest BCUT2D eigenvalue weighted by molar-refractivity contribution is 5.97. The molecule has 0 spiro atoms. The van der Waals surface area contributed by atoms with Crippen LogP contribution in [-0.2, 0) is 0 Å². The van der Waals surface area contributed by atoms with Gasteiger partial charge in [0.2, 0.25) is 5.88 Å². The van der Waals surface area contributed by atoms with Crippen LogP contribution in [0, 0.1) is 17.8 Å². The predicted octanol–water partition coefficient (Wildman–Crippen LogP) is 3.23. The average Bonchev–Trinajstić information content (AvgIpc) is 2.86. The number of amides is 2. The van der Waals surface area contributed by atoms with Gasteiger partial charge >= 0.3 is 0 Å². The normalized spacial score (nSPS) is 18.5. The first-order chi connectivity index (χ1) is 16.3. The van der Waals surface area contributed by atoms with Gasteiger partial charge in [-0.05, 0) is 31.5 Å². The zero-order valence-corrected chi connectivity index (χ0v) is 20.3. The highest BCUT2D eigenvalue weighted by Gasteiger charge is 2.34. The predicted molar refractivity (Wildman–Crippen MR) is 131 cm³/mol. The molecule has 0 saturated carbocycles. The number of carbonyl (C=O) groups excluding carboxylic acids is 2. The molecule has 0 unspecified atom stereocenters. The second-order valence-electron chi connectivity index (χ2n) is 8.80. The SMILES string of the molecule is CCCC#Cc1cnc2c(c1)C(=O)N([C@H](C)CO)C[C@@H](C)[C@@H](CN(C)C(=O)c1ccccc1)O2. The molecule has 1 aromatic carbocycles. The largest absolute Gasteiger partial charge is 0.472 e. The monoisotopic (exact) mass is 463 g/mol. The molecule has 1 aliphatic rings. The summed E-state index contributed by atoms with van der Waals surface area (Å²) >= 11 is 0. The third kappa shape index (κ3) is 5.95. The number of rotatable bonds is 6. The first-order valence-corrected chi connectivity index (χ1v) is 11.7. The molecule has 7 heteroatoms. The number of benzene rings is 1. The lowest BCUT2D eigenvalue weighted by molar-refractivity contribution is 0.0313. The van der Waals surface area contributed by atoms with Gasteiger partial charge in [0.15, 0.2) is 0 Å². The van der Waals surface area contributed by atoms with Crippen LogP contribution in [0.4, 0.5) is 0 Å². The summed E-state index contributed by atoms with van der Waals surface area (Å²) in [6.45, 7) is 6.39. The maximum atomic E-state index is 13.4. The Morgan fingerprint density at radius 2 is 2.09 bits per heavy atom. The van der Waals surface area contributed by atoms with E-state index in [0.717, 1.165) is 12.8 Å². The summed E-state index contributed by atoms with van der Waals surface area (Å²) in [4.78, 5) is 34.0. The second kappa shape index (κ2) is 11.7. The number of pyridine rings is 1. The highest BCUT2D eigenvalue weighted by atomic mass is 16.5. The van der Waals surface area contributed by atoms with Crippen LogP contribution in [0.2, 0.25) is 0 Å². The number of fused-ring (bicyclic) bond motifs is 1. The number of ether oxygens (including phenoxy) is 1. The van der Waals surface area contributed by atoms with Crippen LogP contribution < -0.4 is 4.74 Å². The molecule has 1 N–H and O–H groups in total. The number of hydrogen-bond acceptors (Lipinski definition) is 5. The van der Waals surface area contributed by atoms with E-state index in [9.17, 15) is 14.7 Å². The van der Waals surface area contributed by atoms with Crippen molar-refractivity contribution in [3.8, 4) is 17.7 Å². The molecule has 0 fully saturated rings. The third-order valence-electron chi connectivity index (χ3n) is 5.95. The molecule has 2 aromatic rings. The van der Waals surface area contributed by atoms with Crippen LogP contribution in [0.25, 0.3) is 0 Å². The van der Waals surface area contributed by atoms with Gasteiger partial charge in [0.1, 0.15) is 11.7 Å². The Morgan fingerprint density at radius 1 is 1.35 bits per heavy atom. The molecule has 0 saturated heterocycles. The van der Waals surface area contributed by atoms with Gasteiger partial charge in [-0.1, -0.05) is 43.9 Å². The van der Waals surface area contributed by atoms with Gasteiger partial charge in [-0.15, -0.1) is 0 Å². The van der Waals surface area contributed by atoms with Crippen LogP contribution >= 0.6 is 0 Å². The molecule has 1 aliphatic heterocycles. The Kier molecular flexibility index (Phi) is 8.67. The molecule has 34 heavy (non-hydrogen) atoms. The van der Waals surface area contributed by atoms with Crippen molar-refractivity contribution in [1.29, 1.82) is 0 Å². The number of aliphatic hydroxyl groups excluding tert-OH is 1. The Labute approximate surface area is 201 Å². The lowest BCUT2D eigenvalue weighted by atomic mass is 9.99. The third-order valence-corrected chi connectivity index (χ3v) is 5.95. The van der Waals surface area contributed by atoms with E-state index < -0.39 is 6.10 Å². The van der Waals surface area contributed by atoms with Crippen LogP contribution in [0.1, 0.15) is 59.9 Å². The maximum absolute atomic E-state index is 13.4. The Hall–Kier alpha value is -3.37. The Bertz CT molecular complexity index is 1060. The van der Waals surface area contributed by atoms with Crippen molar-refractivity contribution in [3.05, 3.63) is 59.3 Å². The van der Waals surface area contributed by atoms with Gasteiger partial charge in [-0.25, -0.2) is 4.98 Å². The molecule has 180 valence electrons. The minimum absolute atomic E-state index is 0.107. The summed E-state index contributed by atoms with van der Waals surface area (Å²) in [5, 5.41) is 9.79. The molecule has 3 atom stereocenters. The quantitative estimate of drug-likeness (QED) is 0.665. The van der Waals surface area contributed by atoms with Crippen molar-refractivity contribution >= 4 is 11.8 Å². The number of likely N-dealkylation sites (N-methyl/N-ethyl adjacent to an activating group) is 1. The number of aliphatic hydroxyl groups is 1. The van der Waals surface area contributed by atoms with Crippen molar-refractivity contribution in [3.63, 3.8) is 0 Å². The van der Waals surface area contributed by atoms with Gasteiger partial charge in [0.25, 0.3) is 11.8 Å². The molecule has 0 radical (unpaired) electrons. The standard InChI is InChI=1S/C27H33N3O4/c1-5-6-8-11-21-14-23-25(28-15-21)34-24(19(2)16-30(27(23)33)20(3)18-31)17-29(4)26(32)22-12-9-7-10-13-22/h7,9-10,12-15,19-20,24,31H,5-6,16-18H2,1-4H3/t19-,20-,24-/m1/s1. The molecule has 2 heterocycles. The Balaban J connectivity index is 1.93. The van der Waals surface area contributed by atoms with Gasteiger partial charge in [0, 0.05) is 43.3 Å². The van der Waals surface area contributed by atoms with Gasteiger partial charge in [0.05, 0.1) is 19.2 Å². The zero-order chi connectivity index (χ0) is 24.7. The molecule has 7 nitrogen and oxygen atoms in total. The zero-order valence-electron chi connectivity index (χ0n) is 20.3. The minimum atomic E-state index is -0.401. The summed E-state index contributed by atoms with van der Waals surface area (Å²) in [5.74, 6) is 5.89. The van der Waals surface area contributed by atoms with Crippen LogP contribution in [0.3, 0.4) is 0 Å². The van der Waals surface area contributed by atoms with Crippen LogP contribution in [0.15, 0.2) is 42.6 Å². The van der Waals surface area contributed by atoms with E-state index in [4.69, 9.17) is 4.74 Å². The van der Waals surface area contributed by atoms with E-state index in [2.05, 4.69) is 23.7 Å². The molecular formula is C27H33N3O4. The topological polar surface area (TPSA) is 83.0 Å². The number of aromatic nitrogens is 1. The average molecular weight is 464 g/mol. The van der Waals surface area contributed by atoms with E-state index in [1.807, 2.05) is 32.0 Å². The summed E-state index contributed by atoms with van der Waals surface area (Å²) in [7, 11) is 1.74. The highest BCUT2D eigenvalue weighted by Crippen LogP contribution is 2.27. The van der Waals surface area contributed by atoms with E-state index in [1.165, 1.54) is 0 Å². The van der Waals surface area contributed by atoms with Crippen molar-refractivity contribution in [2.45, 2.75) is 45.8 Å². The van der Waals surface area contributed by atoms with Crippen molar-refractivity contribution < 1.29 is 19.4 Å². The number of hydrogen-bond donors (Lipinski definition) is 1. The number of unbranched alkanes of at least 4 members (excludes halogenated alkanes) is 1. The minimum Gasteiger partial charge on any atom is -0.472 e. The van der Waals surface area contributed by atoms with E-state index in [0.29, 0.717) is 29.8 Å². The van der Waals surface area contributed by atoms with Crippen LogP contribution in [-0.4, -0.2) is 70.6 Å². The summed E-state index contributed by atoms with van der Waals surface area (Å²) in [6, 6.07) is 10.4. The first-order valence-electron chi connectivity index (χ1n) is 11.7. The van der Waals surface area contributed by atoms with Crippen molar-refractivity contribution in [2.75, 3.05) is 26.7 Å². The molecule has 0 bridgehead atoms. The lowest BCUT2D eigenvalue weighted by Gasteiger charge is -2.37. The second-order valence-corrected chi connectivity index (χ2v) is 8.80. The molecule has 0 aliphatic carbocycles. The maximum Gasteiger partial charge on any atom is 0.259 e. The fraction of sp³-hybridized carbons (Fsp3) is 0.444. The summed E-state index contributed by atoms with van der Waals surface area (Å²) < 4.78 is 6.26. The van der Waals surface area contributed by atoms with Crippen LogP contribution in [0.5, 0.6) is 5.88 Å². The van der Waals surface area contributed by atoms with E-state index in [-0.39, 0.29) is 36.3 Å². The summed E-state index contributed by atoms with van der Waals surface area (Å²) in [6.07, 6.45) is 2.92. The van der Waals surface area contributed by atoms with Gasteiger partial charge in [-0.3, -0.25) is 9.59 Å². The van der Waals surface area contributed by atoms with Gasteiger partial charge in [-0.2, -0.15) is 0 Å². The van der Waals surface area contributed by atoms with E-state index in [1.54, 1.807) is 41.2 Å². The van der Waals surface area contributed by atoms with Crippen molar-refractivity contribution in [2.24, 2.45) is 5.92 Å². The molecular weight excluding hydrogens is 430 g/mol. The number of carbonyl (C=O) groups is 2. The molecule has 3 rings (SSSR count).